The Morgan fingerprint density at radius 1 is 0.372 bits per heavy atom. The van der Waals surface area contributed by atoms with E-state index < -0.39 is 46.3 Å². The van der Waals surface area contributed by atoms with Crippen LogP contribution in [0.25, 0.3) is 0 Å². The highest BCUT2D eigenvalue weighted by molar-refractivity contribution is 6.30. The Morgan fingerprint density at radius 3 is 0.898 bits per heavy atom. The predicted octanol–water partition coefficient (Wildman–Crippen LogP) is 21.2. The van der Waals surface area contributed by atoms with Crippen molar-refractivity contribution in [2.24, 2.45) is 23.7 Å². The lowest BCUT2D eigenvalue weighted by Crippen LogP contribution is -2.22. The van der Waals surface area contributed by atoms with E-state index in [1.54, 1.807) is 77.7 Å². The summed E-state index contributed by atoms with van der Waals surface area (Å²) < 4.78 is 23.0. The number of aryl methyl sites for hydroxylation is 5. The fourth-order valence-corrected chi connectivity index (χ4v) is 16.7. The Hall–Kier alpha value is -12.0. The van der Waals surface area contributed by atoms with E-state index in [-0.39, 0.29) is 91.2 Å². The third-order valence-corrected chi connectivity index (χ3v) is 26.1. The molecule has 5 N–H and O–H groups in total. The highest BCUT2D eigenvalue weighted by Crippen LogP contribution is 2.52. The van der Waals surface area contributed by atoms with Gasteiger partial charge in [-0.05, 0) is 306 Å². The van der Waals surface area contributed by atoms with Gasteiger partial charge in [-0.25, -0.2) is 29.5 Å². The lowest BCUT2D eigenvalue weighted by Gasteiger charge is -2.25. The maximum atomic E-state index is 13.8. The number of methoxy groups -OCH3 is 3. The summed E-state index contributed by atoms with van der Waals surface area (Å²) in [5, 5.41) is 47.5. The van der Waals surface area contributed by atoms with Crippen LogP contribution in [0.2, 0.25) is 21.1 Å². The van der Waals surface area contributed by atoms with Gasteiger partial charge in [0.25, 0.3) is 0 Å². The number of aromatic nitrogens is 8. The largest absolute Gasteiger partial charge is 0.481 e. The van der Waals surface area contributed by atoms with Gasteiger partial charge in [-0.1, -0.05) is 167 Å². The molecule has 0 aliphatic heterocycles. The number of ether oxygens (including phenoxy) is 3. The number of benzene rings is 6. The van der Waals surface area contributed by atoms with Gasteiger partial charge in [-0.15, -0.1) is 0 Å². The number of aliphatic hydroxyl groups is 1. The number of Topliss-reactive ketones (excluding diaryl/α,β-unsaturated/α-hetero) is 4. The Balaban J connectivity index is 0.000000189. The van der Waals surface area contributed by atoms with Crippen molar-refractivity contribution < 1.29 is 78.1 Å². The molecule has 10 aromatic rings. The average molecular weight is 1940 g/mol. The van der Waals surface area contributed by atoms with E-state index in [0.717, 1.165) is 107 Å². The van der Waals surface area contributed by atoms with E-state index in [9.17, 15) is 58.8 Å². The number of aromatic carboxylic acids is 2. The van der Waals surface area contributed by atoms with Crippen LogP contribution in [0.1, 0.15) is 299 Å². The minimum absolute atomic E-state index is 0.0496. The second-order valence-corrected chi connectivity index (χ2v) is 38.9. The quantitative estimate of drug-likeness (QED) is 0.0199. The maximum absolute atomic E-state index is 13.8. The van der Waals surface area contributed by atoms with E-state index in [4.69, 9.17) is 65.7 Å². The number of aliphatic carboxylic acids is 2. The number of carboxylic acids is 4. The minimum atomic E-state index is -1.25. The summed E-state index contributed by atoms with van der Waals surface area (Å²) in [4.78, 5) is 116. The Morgan fingerprint density at radius 2 is 0.635 bits per heavy atom. The molecule has 0 unspecified atom stereocenters. The second-order valence-electron chi connectivity index (χ2n) is 37.5. The summed E-state index contributed by atoms with van der Waals surface area (Å²) in [5.74, 6) is 20.1. The molecular weight excluding hydrogens is 1820 g/mol. The van der Waals surface area contributed by atoms with Gasteiger partial charge in [0.1, 0.15) is 68.0 Å². The molecule has 0 radical (unpaired) electrons. The van der Waals surface area contributed by atoms with Crippen molar-refractivity contribution in [1.82, 2.24) is 38.2 Å². The molecule has 6 aromatic carbocycles. The monoisotopic (exact) mass is 1940 g/mol. The van der Waals surface area contributed by atoms with E-state index in [1.165, 1.54) is 12.1 Å². The minimum Gasteiger partial charge on any atom is -0.481 e. The van der Waals surface area contributed by atoms with Crippen molar-refractivity contribution in [3.63, 3.8) is 0 Å². The third kappa shape index (κ3) is 31.0. The van der Waals surface area contributed by atoms with E-state index >= 15 is 0 Å². The van der Waals surface area contributed by atoms with Crippen LogP contribution < -0.4 is 0 Å². The van der Waals surface area contributed by atoms with Gasteiger partial charge >= 0.3 is 23.9 Å². The van der Waals surface area contributed by atoms with Crippen LogP contribution >= 0.6 is 46.4 Å². The van der Waals surface area contributed by atoms with Crippen LogP contribution in [0.5, 0.6) is 0 Å². The summed E-state index contributed by atoms with van der Waals surface area (Å²) in [6.45, 7) is 23.8. The normalized spacial score (nSPS) is 15.4. The summed E-state index contributed by atoms with van der Waals surface area (Å²) in [7, 11) is 4.75. The van der Waals surface area contributed by atoms with Crippen LogP contribution in [0.3, 0.4) is 0 Å². The Kier molecular flexibility index (Phi) is 37.4. The SMILES string of the molecule is COC(C)(C)C#Cc1nc(Cl)n(Cc2ccc(C)cc2)c1C(=O)CC1(c2ccc(C(=O)O)cc2)CC1.COC(C)(C)C#Cc1nc(Cl)n(Cc2ccc(C)cc2)c1C(=O)CCC1CCC(C(=O)O)CC1.COC(C)(C)C#Cc1nc(Cl)n(Cc2ccc(C)cc2)c1C(=O)CCC1CCC(C(=O)O)CC1.Cc1ccc(Cn2c(Cl)nc(C#CC(C)(C)O)c2C(=O)CCc2ccc(C(=O)O)cc2)cc1. The van der Waals surface area contributed by atoms with E-state index in [1.807, 2.05) is 178 Å². The van der Waals surface area contributed by atoms with Gasteiger partial charge < -0.3 is 58.0 Å². The van der Waals surface area contributed by atoms with Crippen LogP contribution in [0.15, 0.2) is 146 Å². The van der Waals surface area contributed by atoms with Crippen LogP contribution in [-0.4, -0.2) is 154 Å². The molecule has 0 amide bonds. The molecule has 0 atom stereocenters. The van der Waals surface area contributed by atoms with Crippen LogP contribution in [0, 0.1) is 98.7 Å². The highest BCUT2D eigenvalue weighted by Gasteiger charge is 2.47. The fourth-order valence-electron chi connectivity index (χ4n) is 15.8. The van der Waals surface area contributed by atoms with Crippen molar-refractivity contribution in [3.8, 4) is 47.4 Å². The third-order valence-electron chi connectivity index (χ3n) is 24.9. The van der Waals surface area contributed by atoms with Crippen molar-refractivity contribution in [3.05, 3.63) is 279 Å². The Labute approximate surface area is 822 Å². The molecule has 0 spiro atoms. The van der Waals surface area contributed by atoms with Gasteiger partial charge in [0.05, 0.1) is 49.1 Å². The lowest BCUT2D eigenvalue weighted by molar-refractivity contribution is -0.144. The van der Waals surface area contributed by atoms with Gasteiger partial charge in [0.15, 0.2) is 23.1 Å². The number of nitrogens with zero attached hydrogens (tertiary/aromatic N) is 8. The second kappa shape index (κ2) is 47.8. The number of carbonyl (C=O) groups excluding carboxylic acids is 4. The summed E-state index contributed by atoms with van der Waals surface area (Å²) in [5.41, 5.74) is 9.93. The average Bonchev–Trinajstić information content (AvgIpc) is 1.59. The zero-order valence-electron chi connectivity index (χ0n) is 80.3. The van der Waals surface area contributed by atoms with Gasteiger partial charge in [-0.3, -0.25) is 28.8 Å². The first kappa shape index (κ1) is 107. The number of ketones is 4. The number of carbonyl (C=O) groups is 8. The van der Waals surface area contributed by atoms with Crippen molar-refractivity contribution in [1.29, 1.82) is 0 Å². The first-order valence-electron chi connectivity index (χ1n) is 45.8. The molecule has 4 aromatic heterocycles. The topological polar surface area (TPSA) is 337 Å². The number of hydrogen-bond donors (Lipinski definition) is 5. The van der Waals surface area contributed by atoms with Crippen LogP contribution in [-0.2, 0) is 61.8 Å². The molecular formula is C109H120Cl4N8O16. The summed E-state index contributed by atoms with van der Waals surface area (Å²) in [6, 6.07) is 45.3. The molecule has 4 heterocycles. The number of carboxylic acid groups (broad SMARTS) is 4. The van der Waals surface area contributed by atoms with Crippen molar-refractivity contribution in [2.75, 3.05) is 21.3 Å². The van der Waals surface area contributed by atoms with E-state index in [0.29, 0.717) is 123 Å². The molecule has 137 heavy (non-hydrogen) atoms. The van der Waals surface area contributed by atoms with Crippen LogP contribution in [0.4, 0.5) is 0 Å². The van der Waals surface area contributed by atoms with E-state index in [2.05, 4.69) is 67.3 Å². The van der Waals surface area contributed by atoms with Gasteiger partial charge in [0.2, 0.25) is 21.1 Å². The zero-order valence-corrected chi connectivity index (χ0v) is 83.4. The number of hydrogen-bond acceptors (Lipinski definition) is 16. The highest BCUT2D eigenvalue weighted by atomic mass is 35.5. The standard InChI is InChI=1S/C29H29ClN2O4.2C27H33ClN2O4.C26H25ClN2O4/c1-19-5-7-20(8-6-19)18-32-25(23(31-27(32)30)13-14-28(2,3)36-4)24(33)17-29(15-16-29)22-11-9-21(10-12-22)26(34)35;2*1-18-5-7-20(8-6-18)17-30-24(22(29-26(30)28)15-16-27(2,3)34-4)23(31)14-11-19-9-12-21(13-10-19)25(32)33;1-17-4-6-19(7-5-17)16-29-23(21(28-25(29)27)14-15-26(2,3)33)22(30)13-10-18-8-11-20(12-9-18)24(31)32/h5-12H,15-18H2,1-4H3,(H,34,35);2*5-8,19,21H,9-14,17H2,1-4H3,(H,32,33);4-9,11-12,33H,10,13,16H2,1-3H3,(H,31,32). The van der Waals surface area contributed by atoms with Gasteiger partial charge in [0, 0.05) is 52.4 Å². The summed E-state index contributed by atoms with van der Waals surface area (Å²) >= 11 is 26.0. The molecule has 0 saturated heterocycles. The smallest absolute Gasteiger partial charge is 0.335 e. The first-order valence-corrected chi connectivity index (χ1v) is 47.3. The molecule has 720 valence electrons. The summed E-state index contributed by atoms with van der Waals surface area (Å²) in [6.07, 6.45) is 10.7. The molecule has 3 aliphatic rings. The maximum Gasteiger partial charge on any atom is 0.335 e. The molecule has 3 saturated carbocycles. The molecule has 28 heteroatoms. The van der Waals surface area contributed by atoms with Crippen molar-refractivity contribution in [2.45, 2.75) is 246 Å². The molecule has 3 fully saturated rings. The Bertz CT molecular complexity index is 6090. The predicted molar refractivity (Wildman–Crippen MR) is 530 cm³/mol. The molecule has 3 aliphatic carbocycles. The fraction of sp³-hybridized carbons (Fsp3) is 0.413. The zero-order chi connectivity index (χ0) is 100. The first-order chi connectivity index (χ1) is 64.7. The molecule has 0 bridgehead atoms. The molecule has 24 nitrogen and oxygen atoms in total. The number of imidazole rings is 4. The molecule has 13 rings (SSSR count). The number of halogens is 4. The number of rotatable bonds is 31. The van der Waals surface area contributed by atoms with Gasteiger partial charge in [-0.2, -0.15) is 0 Å². The lowest BCUT2D eigenvalue weighted by atomic mass is 9.79. The van der Waals surface area contributed by atoms with Crippen molar-refractivity contribution >= 4 is 93.4 Å².